The third-order valence-electron chi connectivity index (χ3n) is 4.36. The number of benzene rings is 2. The average Bonchev–Trinajstić information content (AvgIpc) is 2.71. The van der Waals surface area contributed by atoms with Crippen molar-refractivity contribution in [2.24, 2.45) is 0 Å². The molecule has 0 bridgehead atoms. The maximum absolute atomic E-state index is 13.1. The quantitative estimate of drug-likeness (QED) is 0.781. The second-order valence-corrected chi connectivity index (χ2v) is 5.65. The van der Waals surface area contributed by atoms with Gasteiger partial charge in [-0.2, -0.15) is 0 Å². The van der Waals surface area contributed by atoms with Crippen LogP contribution < -0.4 is 4.90 Å². The fourth-order valence-electron chi connectivity index (χ4n) is 3.33. The van der Waals surface area contributed by atoms with Crippen molar-refractivity contribution in [3.63, 3.8) is 0 Å². The Hall–Kier alpha value is -2.35. The number of carbonyl (C=O) groups is 1. The number of nitrogens with zero attached hydrogens (tertiary/aromatic N) is 1. The third-order valence-corrected chi connectivity index (χ3v) is 4.36. The van der Waals surface area contributed by atoms with Crippen LogP contribution in [0.15, 0.2) is 61.2 Å². The number of hydrogen-bond donors (Lipinski definition) is 0. The van der Waals surface area contributed by atoms with Crippen molar-refractivity contribution in [2.75, 3.05) is 11.9 Å². The van der Waals surface area contributed by atoms with E-state index in [1.54, 1.807) is 4.90 Å². The van der Waals surface area contributed by atoms with E-state index in [1.807, 2.05) is 49.5 Å². The monoisotopic (exact) mass is 277 g/mol. The zero-order chi connectivity index (χ0) is 15.0. The molecule has 21 heavy (non-hydrogen) atoms. The molecule has 2 aromatic rings. The minimum atomic E-state index is -0.640. The molecule has 0 fully saturated rings. The van der Waals surface area contributed by atoms with E-state index < -0.39 is 5.41 Å². The molecule has 0 saturated heterocycles. The Labute approximate surface area is 125 Å². The average molecular weight is 277 g/mol. The van der Waals surface area contributed by atoms with Crippen LogP contribution in [0.3, 0.4) is 0 Å². The molecule has 0 saturated carbocycles. The van der Waals surface area contributed by atoms with Crippen molar-refractivity contribution < 1.29 is 4.79 Å². The van der Waals surface area contributed by atoms with Crippen LogP contribution in [-0.4, -0.2) is 13.0 Å². The molecule has 2 heteroatoms. The Balaban J connectivity index is 2.33. The van der Waals surface area contributed by atoms with Gasteiger partial charge < -0.3 is 4.90 Å². The third kappa shape index (κ3) is 1.83. The number of likely N-dealkylation sites (N-methyl/N-ethyl adjacent to an activating group) is 1. The first kappa shape index (κ1) is 13.6. The summed E-state index contributed by atoms with van der Waals surface area (Å²) in [5, 5.41) is 0. The minimum Gasteiger partial charge on any atom is -0.314 e. The molecule has 2 aromatic carbocycles. The number of fused-ring (bicyclic) bond motifs is 1. The molecule has 1 amide bonds. The van der Waals surface area contributed by atoms with Crippen molar-refractivity contribution in [3.8, 4) is 0 Å². The summed E-state index contributed by atoms with van der Waals surface area (Å²) < 4.78 is 0. The molecule has 1 unspecified atom stereocenters. The van der Waals surface area contributed by atoms with Gasteiger partial charge >= 0.3 is 0 Å². The number of aryl methyl sites for hydroxylation is 1. The molecule has 1 aliphatic rings. The van der Waals surface area contributed by atoms with Crippen molar-refractivity contribution >= 4 is 11.6 Å². The number of amides is 1. The Morgan fingerprint density at radius 3 is 2.57 bits per heavy atom. The van der Waals surface area contributed by atoms with E-state index in [2.05, 4.69) is 25.6 Å². The number of allylic oxidation sites excluding steroid dienone is 1. The van der Waals surface area contributed by atoms with E-state index in [9.17, 15) is 4.79 Å². The fraction of sp³-hybridized carbons (Fsp3) is 0.211. The van der Waals surface area contributed by atoms with E-state index in [4.69, 9.17) is 0 Å². The SMILES string of the molecule is C=CCC1(c2ccccc2)C(=O)N(C)c2ccc(C)cc21. The molecule has 2 nitrogen and oxygen atoms in total. The molecule has 1 heterocycles. The topological polar surface area (TPSA) is 20.3 Å². The lowest BCUT2D eigenvalue weighted by Gasteiger charge is -2.28. The predicted molar refractivity (Wildman–Crippen MR) is 86.6 cm³/mol. The van der Waals surface area contributed by atoms with E-state index in [-0.39, 0.29) is 5.91 Å². The maximum atomic E-state index is 13.1. The zero-order valence-corrected chi connectivity index (χ0v) is 12.5. The summed E-state index contributed by atoms with van der Waals surface area (Å²) in [6.45, 7) is 5.94. The van der Waals surface area contributed by atoms with Gasteiger partial charge in [0.1, 0.15) is 5.41 Å². The van der Waals surface area contributed by atoms with Gasteiger partial charge in [0, 0.05) is 12.7 Å². The first-order valence-electron chi connectivity index (χ1n) is 7.17. The molecule has 0 N–H and O–H groups in total. The van der Waals surface area contributed by atoms with Gasteiger partial charge in [0.2, 0.25) is 5.91 Å². The van der Waals surface area contributed by atoms with Crippen molar-refractivity contribution in [1.82, 2.24) is 0 Å². The van der Waals surface area contributed by atoms with Crippen LogP contribution in [0, 0.1) is 6.92 Å². The molecule has 1 atom stereocenters. The Morgan fingerprint density at radius 2 is 1.90 bits per heavy atom. The van der Waals surface area contributed by atoms with Crippen LogP contribution in [0.1, 0.15) is 23.1 Å². The zero-order valence-electron chi connectivity index (χ0n) is 12.5. The lowest BCUT2D eigenvalue weighted by atomic mass is 9.72. The summed E-state index contributed by atoms with van der Waals surface area (Å²) in [5.74, 6) is 0.120. The van der Waals surface area contributed by atoms with Gasteiger partial charge in [-0.25, -0.2) is 0 Å². The second kappa shape index (κ2) is 4.88. The summed E-state index contributed by atoms with van der Waals surface area (Å²) in [5.41, 5.74) is 3.64. The van der Waals surface area contributed by atoms with Crippen LogP contribution in [-0.2, 0) is 10.2 Å². The van der Waals surface area contributed by atoms with Crippen LogP contribution in [0.5, 0.6) is 0 Å². The number of carbonyl (C=O) groups excluding carboxylic acids is 1. The van der Waals surface area contributed by atoms with Gasteiger partial charge in [-0.05, 0) is 30.5 Å². The van der Waals surface area contributed by atoms with Crippen LogP contribution in [0.25, 0.3) is 0 Å². The minimum absolute atomic E-state index is 0.120. The maximum Gasteiger partial charge on any atom is 0.242 e. The summed E-state index contributed by atoms with van der Waals surface area (Å²) in [6, 6.07) is 16.2. The number of rotatable bonds is 3. The molecule has 0 spiro atoms. The van der Waals surface area contributed by atoms with E-state index in [0.717, 1.165) is 16.8 Å². The summed E-state index contributed by atoms with van der Waals surface area (Å²) in [4.78, 5) is 14.8. The standard InChI is InChI=1S/C19H19NO/c1-4-12-19(15-8-6-5-7-9-15)16-13-14(2)10-11-17(16)20(3)18(19)21/h4-11,13H,1,12H2,2-3H3. The molecule has 0 aromatic heterocycles. The molecular weight excluding hydrogens is 258 g/mol. The van der Waals surface area contributed by atoms with E-state index in [0.29, 0.717) is 6.42 Å². The highest BCUT2D eigenvalue weighted by atomic mass is 16.2. The molecule has 0 radical (unpaired) electrons. The van der Waals surface area contributed by atoms with Gasteiger partial charge in [-0.1, -0.05) is 54.1 Å². The lowest BCUT2D eigenvalue weighted by molar-refractivity contribution is -0.121. The Morgan fingerprint density at radius 1 is 1.19 bits per heavy atom. The number of anilines is 1. The smallest absolute Gasteiger partial charge is 0.242 e. The Bertz CT molecular complexity index is 705. The number of hydrogen-bond acceptors (Lipinski definition) is 1. The summed E-state index contributed by atoms with van der Waals surface area (Å²) in [7, 11) is 1.85. The first-order chi connectivity index (χ1) is 10.1. The van der Waals surface area contributed by atoms with E-state index >= 15 is 0 Å². The second-order valence-electron chi connectivity index (χ2n) is 5.65. The Kier molecular flexibility index (Phi) is 3.17. The molecular formula is C19H19NO. The first-order valence-corrected chi connectivity index (χ1v) is 7.17. The van der Waals surface area contributed by atoms with Gasteiger partial charge in [-0.15, -0.1) is 6.58 Å². The highest BCUT2D eigenvalue weighted by molar-refractivity contribution is 6.10. The predicted octanol–water partition coefficient (Wildman–Crippen LogP) is 3.83. The van der Waals surface area contributed by atoms with Crippen molar-refractivity contribution in [1.29, 1.82) is 0 Å². The highest BCUT2D eigenvalue weighted by Gasteiger charge is 2.49. The summed E-state index contributed by atoms with van der Waals surface area (Å²) >= 11 is 0. The van der Waals surface area contributed by atoms with Crippen LogP contribution >= 0.6 is 0 Å². The molecule has 3 rings (SSSR count). The van der Waals surface area contributed by atoms with Crippen molar-refractivity contribution in [2.45, 2.75) is 18.8 Å². The van der Waals surface area contributed by atoms with Crippen LogP contribution in [0.2, 0.25) is 0 Å². The lowest BCUT2D eigenvalue weighted by Crippen LogP contribution is -2.39. The van der Waals surface area contributed by atoms with Gasteiger partial charge in [-0.3, -0.25) is 4.79 Å². The molecule has 0 aliphatic carbocycles. The summed E-state index contributed by atoms with van der Waals surface area (Å²) in [6.07, 6.45) is 2.45. The fourth-order valence-corrected chi connectivity index (χ4v) is 3.33. The van der Waals surface area contributed by atoms with Gasteiger partial charge in [0.05, 0.1) is 0 Å². The largest absolute Gasteiger partial charge is 0.314 e. The normalized spacial score (nSPS) is 20.5. The van der Waals surface area contributed by atoms with Crippen LogP contribution in [0.4, 0.5) is 5.69 Å². The van der Waals surface area contributed by atoms with E-state index in [1.165, 1.54) is 5.56 Å². The van der Waals surface area contributed by atoms with Crippen molar-refractivity contribution in [3.05, 3.63) is 77.9 Å². The van der Waals surface area contributed by atoms with Gasteiger partial charge in [0.25, 0.3) is 0 Å². The molecule has 106 valence electrons. The van der Waals surface area contributed by atoms with Gasteiger partial charge in [0.15, 0.2) is 0 Å². The highest BCUT2D eigenvalue weighted by Crippen LogP contribution is 2.48. The molecule has 1 aliphatic heterocycles.